The van der Waals surface area contributed by atoms with Crippen LogP contribution in [0.5, 0.6) is 0 Å². The third-order valence-corrected chi connectivity index (χ3v) is 5.20. The van der Waals surface area contributed by atoms with E-state index in [-0.39, 0.29) is 5.41 Å². The number of methoxy groups -OCH3 is 1. The number of fused-ring (bicyclic) bond motifs is 1. The molecular formula is C17H25NO3. The molecule has 0 N–H and O–H groups in total. The maximum absolute atomic E-state index is 13.0. The van der Waals surface area contributed by atoms with Gasteiger partial charge in [-0.3, -0.25) is 4.79 Å². The van der Waals surface area contributed by atoms with Crippen LogP contribution < -0.4 is 0 Å². The zero-order chi connectivity index (χ0) is 14.9. The molecule has 0 aromatic carbocycles. The van der Waals surface area contributed by atoms with Crippen LogP contribution in [-0.4, -0.2) is 30.6 Å². The number of carbonyl (C=O) groups is 1. The Morgan fingerprint density at radius 2 is 2.19 bits per heavy atom. The molecule has 1 aromatic rings. The number of carbonyl (C=O) groups excluding carboxylic acids is 1. The summed E-state index contributed by atoms with van der Waals surface area (Å²) in [6, 6.07) is 2.01. The topological polar surface area (TPSA) is 42.7 Å². The zero-order valence-corrected chi connectivity index (χ0v) is 13.1. The normalized spacial score (nSPS) is 29.8. The molecule has 0 saturated heterocycles. The highest BCUT2D eigenvalue weighted by molar-refractivity contribution is 5.82. The second-order valence-corrected chi connectivity index (χ2v) is 6.69. The van der Waals surface area contributed by atoms with Crippen molar-refractivity contribution in [2.24, 2.45) is 5.41 Å². The van der Waals surface area contributed by atoms with Gasteiger partial charge in [-0.25, -0.2) is 0 Å². The molecular weight excluding hydrogens is 266 g/mol. The van der Waals surface area contributed by atoms with Crippen LogP contribution >= 0.6 is 0 Å². The summed E-state index contributed by atoms with van der Waals surface area (Å²) in [5.41, 5.74) is 0.957. The van der Waals surface area contributed by atoms with Gasteiger partial charge in [-0.2, -0.15) is 0 Å². The summed E-state index contributed by atoms with van der Waals surface area (Å²) >= 11 is 0. The van der Waals surface area contributed by atoms with Gasteiger partial charge in [0.15, 0.2) is 0 Å². The van der Waals surface area contributed by atoms with E-state index in [9.17, 15) is 4.79 Å². The van der Waals surface area contributed by atoms with Crippen molar-refractivity contribution in [3.8, 4) is 0 Å². The van der Waals surface area contributed by atoms with Crippen LogP contribution in [0.25, 0.3) is 0 Å². The van der Waals surface area contributed by atoms with E-state index in [2.05, 4.69) is 6.92 Å². The van der Waals surface area contributed by atoms with Crippen LogP contribution in [0.3, 0.4) is 0 Å². The number of hydrogen-bond acceptors (Lipinski definition) is 3. The molecule has 0 spiro atoms. The first-order chi connectivity index (χ1) is 10.1. The number of aryl methyl sites for hydroxylation is 1. The quantitative estimate of drug-likeness (QED) is 0.840. The maximum atomic E-state index is 13.0. The highest BCUT2D eigenvalue weighted by Crippen LogP contribution is 2.39. The lowest BCUT2D eigenvalue weighted by atomic mass is 9.73. The summed E-state index contributed by atoms with van der Waals surface area (Å²) < 4.78 is 10.9. The van der Waals surface area contributed by atoms with Crippen molar-refractivity contribution in [2.45, 2.75) is 58.1 Å². The van der Waals surface area contributed by atoms with Crippen LogP contribution in [0.1, 0.15) is 50.4 Å². The van der Waals surface area contributed by atoms with Gasteiger partial charge in [-0.15, -0.1) is 0 Å². The molecule has 1 aromatic heterocycles. The molecule has 1 aliphatic carbocycles. The van der Waals surface area contributed by atoms with Crippen molar-refractivity contribution >= 4 is 5.91 Å². The number of ether oxygens (including phenoxy) is 1. The molecule has 0 unspecified atom stereocenters. The van der Waals surface area contributed by atoms with E-state index < -0.39 is 0 Å². The highest BCUT2D eigenvalue weighted by Gasteiger charge is 2.40. The number of amides is 1. The van der Waals surface area contributed by atoms with Gasteiger partial charge in [0.2, 0.25) is 5.91 Å². The molecule has 2 heterocycles. The monoisotopic (exact) mass is 291 g/mol. The Kier molecular flexibility index (Phi) is 4.07. The standard InChI is InChI=1S/C17H25NO3/c1-17(8-5-14(20-2)6-9-17)16(19)18-10-3-4-15-13(12-18)7-11-21-15/h7,11,14H,3-6,8-10,12H2,1-2H3. The van der Waals surface area contributed by atoms with Crippen LogP contribution in [0.2, 0.25) is 0 Å². The van der Waals surface area contributed by atoms with Crippen LogP contribution in [-0.2, 0) is 22.5 Å². The molecule has 116 valence electrons. The molecule has 3 rings (SSSR count). The first kappa shape index (κ1) is 14.6. The van der Waals surface area contributed by atoms with Crippen molar-refractivity contribution in [1.82, 2.24) is 4.90 Å². The summed E-state index contributed by atoms with van der Waals surface area (Å²) in [4.78, 5) is 15.0. The lowest BCUT2D eigenvalue weighted by molar-refractivity contribution is -0.145. The van der Waals surface area contributed by atoms with Crippen molar-refractivity contribution in [3.05, 3.63) is 23.7 Å². The molecule has 1 amide bonds. The number of furan rings is 1. The summed E-state index contributed by atoms with van der Waals surface area (Å²) in [6.07, 6.45) is 7.84. The van der Waals surface area contributed by atoms with E-state index in [0.717, 1.165) is 50.8 Å². The van der Waals surface area contributed by atoms with Gasteiger partial charge >= 0.3 is 0 Å². The Hall–Kier alpha value is -1.29. The number of hydrogen-bond donors (Lipinski definition) is 0. The minimum Gasteiger partial charge on any atom is -0.469 e. The third kappa shape index (κ3) is 2.86. The Morgan fingerprint density at radius 3 is 2.90 bits per heavy atom. The minimum absolute atomic E-state index is 0.219. The Labute approximate surface area is 126 Å². The van der Waals surface area contributed by atoms with Crippen molar-refractivity contribution in [2.75, 3.05) is 13.7 Å². The molecule has 21 heavy (non-hydrogen) atoms. The van der Waals surface area contributed by atoms with Gasteiger partial charge in [0, 0.05) is 37.6 Å². The highest BCUT2D eigenvalue weighted by atomic mass is 16.5. The Balaban J connectivity index is 1.70. The summed E-state index contributed by atoms with van der Waals surface area (Å²) in [7, 11) is 1.77. The second kappa shape index (κ2) is 5.84. The smallest absolute Gasteiger partial charge is 0.228 e. The molecule has 2 aliphatic rings. The SMILES string of the molecule is COC1CCC(C)(C(=O)N2CCCc3occc3C2)CC1. The fourth-order valence-corrected chi connectivity index (χ4v) is 3.68. The fourth-order valence-electron chi connectivity index (χ4n) is 3.68. The predicted octanol–water partition coefficient (Wildman–Crippen LogP) is 3.15. The Bertz CT molecular complexity index is 500. The van der Waals surface area contributed by atoms with E-state index in [1.807, 2.05) is 11.0 Å². The molecule has 1 fully saturated rings. The maximum Gasteiger partial charge on any atom is 0.228 e. The summed E-state index contributed by atoms with van der Waals surface area (Å²) in [5, 5.41) is 0. The fraction of sp³-hybridized carbons (Fsp3) is 0.706. The van der Waals surface area contributed by atoms with Crippen molar-refractivity contribution in [3.63, 3.8) is 0 Å². The average Bonchev–Trinajstić information content (AvgIpc) is 2.84. The van der Waals surface area contributed by atoms with Gasteiger partial charge in [-0.1, -0.05) is 6.92 Å². The van der Waals surface area contributed by atoms with Crippen LogP contribution in [0.15, 0.2) is 16.7 Å². The first-order valence-electron chi connectivity index (χ1n) is 8.00. The predicted molar refractivity (Wildman–Crippen MR) is 79.8 cm³/mol. The molecule has 1 aliphatic heterocycles. The van der Waals surface area contributed by atoms with E-state index in [4.69, 9.17) is 9.15 Å². The molecule has 0 radical (unpaired) electrons. The van der Waals surface area contributed by atoms with E-state index in [0.29, 0.717) is 18.6 Å². The lowest BCUT2D eigenvalue weighted by Crippen LogP contribution is -2.44. The van der Waals surface area contributed by atoms with E-state index in [1.54, 1.807) is 13.4 Å². The van der Waals surface area contributed by atoms with Gasteiger partial charge in [0.25, 0.3) is 0 Å². The molecule has 0 bridgehead atoms. The third-order valence-electron chi connectivity index (χ3n) is 5.20. The second-order valence-electron chi connectivity index (χ2n) is 6.69. The lowest BCUT2D eigenvalue weighted by Gasteiger charge is -2.39. The van der Waals surface area contributed by atoms with Crippen LogP contribution in [0, 0.1) is 5.41 Å². The minimum atomic E-state index is -0.219. The number of nitrogens with zero attached hydrogens (tertiary/aromatic N) is 1. The summed E-state index contributed by atoms with van der Waals surface area (Å²) in [5.74, 6) is 1.37. The van der Waals surface area contributed by atoms with Gasteiger partial charge < -0.3 is 14.1 Å². The average molecular weight is 291 g/mol. The van der Waals surface area contributed by atoms with Crippen molar-refractivity contribution < 1.29 is 13.9 Å². The summed E-state index contributed by atoms with van der Waals surface area (Å²) in [6.45, 7) is 3.67. The van der Waals surface area contributed by atoms with Crippen LogP contribution in [0.4, 0.5) is 0 Å². The van der Waals surface area contributed by atoms with E-state index in [1.165, 1.54) is 5.56 Å². The van der Waals surface area contributed by atoms with Crippen molar-refractivity contribution in [1.29, 1.82) is 0 Å². The molecule has 4 heteroatoms. The van der Waals surface area contributed by atoms with Gasteiger partial charge in [0.05, 0.1) is 12.4 Å². The number of rotatable bonds is 2. The molecule has 4 nitrogen and oxygen atoms in total. The molecule has 1 saturated carbocycles. The zero-order valence-electron chi connectivity index (χ0n) is 13.1. The van der Waals surface area contributed by atoms with E-state index >= 15 is 0 Å². The van der Waals surface area contributed by atoms with Gasteiger partial charge in [-0.05, 0) is 38.2 Å². The largest absolute Gasteiger partial charge is 0.469 e. The Morgan fingerprint density at radius 1 is 1.43 bits per heavy atom. The molecule has 0 atom stereocenters. The first-order valence-corrected chi connectivity index (χ1v) is 8.00. The van der Waals surface area contributed by atoms with Gasteiger partial charge in [0.1, 0.15) is 5.76 Å².